The summed E-state index contributed by atoms with van der Waals surface area (Å²) in [5, 5.41) is 12.9. The first-order valence-corrected chi connectivity index (χ1v) is 8.85. The predicted octanol–water partition coefficient (Wildman–Crippen LogP) is 4.35. The van der Waals surface area contributed by atoms with E-state index < -0.39 is 11.9 Å². The minimum Gasteiger partial charge on any atom is -0.482 e. The second-order valence-corrected chi connectivity index (χ2v) is 7.10. The molecule has 1 aromatic heterocycles. The zero-order chi connectivity index (χ0) is 19.4. The minimum atomic E-state index is -0.565. The van der Waals surface area contributed by atoms with Gasteiger partial charge in [0.1, 0.15) is 21.7 Å². The van der Waals surface area contributed by atoms with Crippen LogP contribution in [0.15, 0.2) is 12.1 Å². The van der Waals surface area contributed by atoms with Crippen molar-refractivity contribution >= 4 is 51.4 Å². The Bertz CT molecular complexity index is 895. The first-order chi connectivity index (χ1) is 12.3. The molecule has 0 bridgehead atoms. The van der Waals surface area contributed by atoms with Gasteiger partial charge in [-0.25, -0.2) is 4.79 Å². The van der Waals surface area contributed by atoms with E-state index in [2.05, 4.69) is 10.1 Å². The van der Waals surface area contributed by atoms with Gasteiger partial charge >= 0.3 is 5.97 Å². The maximum atomic E-state index is 12.2. The predicted molar refractivity (Wildman–Crippen MR) is 100 cm³/mol. The van der Waals surface area contributed by atoms with Gasteiger partial charge in [-0.2, -0.15) is 5.26 Å². The van der Waals surface area contributed by atoms with Gasteiger partial charge in [-0.1, -0.05) is 23.2 Å². The lowest BCUT2D eigenvalue weighted by Gasteiger charge is -2.11. The standard InChI is InChI=1S/C17H14Cl2N2O4S/c1-8-4-10(18)5-12(19)14(8)25-7-13(22)21-16-11(6-20)9(2)15(26-16)17(23)24-3/h4-5H,7H2,1-3H3,(H,21,22). The van der Waals surface area contributed by atoms with Crippen LogP contribution in [0.2, 0.25) is 10.0 Å². The average Bonchev–Trinajstić information content (AvgIpc) is 2.88. The number of hydrogen-bond donors (Lipinski definition) is 1. The van der Waals surface area contributed by atoms with E-state index >= 15 is 0 Å². The summed E-state index contributed by atoms with van der Waals surface area (Å²) in [6.45, 7) is 3.05. The number of nitriles is 1. The van der Waals surface area contributed by atoms with Crippen molar-refractivity contribution in [2.75, 3.05) is 19.0 Å². The zero-order valence-electron chi connectivity index (χ0n) is 14.1. The highest BCUT2D eigenvalue weighted by Gasteiger charge is 2.22. The first-order valence-electron chi connectivity index (χ1n) is 7.28. The third kappa shape index (κ3) is 4.28. The second kappa shape index (κ2) is 8.41. The summed E-state index contributed by atoms with van der Waals surface area (Å²) in [6, 6.07) is 5.16. The van der Waals surface area contributed by atoms with Gasteiger partial charge in [0.15, 0.2) is 6.61 Å². The van der Waals surface area contributed by atoms with E-state index in [9.17, 15) is 14.9 Å². The molecule has 136 valence electrons. The van der Waals surface area contributed by atoms with Crippen molar-refractivity contribution in [3.63, 3.8) is 0 Å². The molecular formula is C17H14Cl2N2O4S. The number of methoxy groups -OCH3 is 1. The maximum Gasteiger partial charge on any atom is 0.348 e. The molecule has 0 spiro atoms. The van der Waals surface area contributed by atoms with Crippen LogP contribution in [0.1, 0.15) is 26.4 Å². The Labute approximate surface area is 164 Å². The van der Waals surface area contributed by atoms with Gasteiger partial charge in [-0.3, -0.25) is 4.79 Å². The zero-order valence-corrected chi connectivity index (χ0v) is 16.4. The number of esters is 1. The van der Waals surface area contributed by atoms with Crippen LogP contribution < -0.4 is 10.1 Å². The van der Waals surface area contributed by atoms with E-state index in [1.807, 2.05) is 6.07 Å². The number of benzene rings is 1. The molecule has 0 saturated heterocycles. The fourth-order valence-corrected chi connectivity index (χ4v) is 3.94. The van der Waals surface area contributed by atoms with Crippen molar-refractivity contribution in [1.29, 1.82) is 5.26 Å². The smallest absolute Gasteiger partial charge is 0.348 e. The Balaban J connectivity index is 2.14. The number of anilines is 1. The number of rotatable bonds is 5. The largest absolute Gasteiger partial charge is 0.482 e. The number of carbonyl (C=O) groups is 2. The number of hydrogen-bond acceptors (Lipinski definition) is 6. The van der Waals surface area contributed by atoms with Crippen LogP contribution in [0, 0.1) is 25.2 Å². The van der Waals surface area contributed by atoms with Gasteiger partial charge in [-0.05, 0) is 37.1 Å². The molecule has 0 aliphatic heterocycles. The normalized spacial score (nSPS) is 10.2. The topological polar surface area (TPSA) is 88.4 Å². The lowest BCUT2D eigenvalue weighted by molar-refractivity contribution is -0.118. The number of carbonyl (C=O) groups excluding carboxylic acids is 2. The molecule has 2 aromatic rings. The molecule has 0 aliphatic carbocycles. The average molecular weight is 413 g/mol. The van der Waals surface area contributed by atoms with E-state index in [0.29, 0.717) is 26.9 Å². The number of amides is 1. The number of ether oxygens (including phenoxy) is 2. The minimum absolute atomic E-state index is 0.212. The van der Waals surface area contributed by atoms with Crippen LogP contribution in [0.3, 0.4) is 0 Å². The highest BCUT2D eigenvalue weighted by atomic mass is 35.5. The van der Waals surface area contributed by atoms with E-state index in [-0.39, 0.29) is 22.0 Å². The summed E-state index contributed by atoms with van der Waals surface area (Å²) >= 11 is 12.9. The highest BCUT2D eigenvalue weighted by molar-refractivity contribution is 7.18. The molecule has 0 saturated carbocycles. The Morgan fingerprint density at radius 1 is 1.31 bits per heavy atom. The highest BCUT2D eigenvalue weighted by Crippen LogP contribution is 2.34. The Morgan fingerprint density at radius 3 is 2.58 bits per heavy atom. The van der Waals surface area contributed by atoms with Gasteiger partial charge in [0, 0.05) is 5.02 Å². The molecule has 26 heavy (non-hydrogen) atoms. The number of nitrogens with zero attached hydrogens (tertiary/aromatic N) is 1. The van der Waals surface area contributed by atoms with Crippen LogP contribution in [0.5, 0.6) is 5.75 Å². The quantitative estimate of drug-likeness (QED) is 0.737. The SMILES string of the molecule is COC(=O)c1sc(NC(=O)COc2c(C)cc(Cl)cc2Cl)c(C#N)c1C. The third-order valence-electron chi connectivity index (χ3n) is 3.42. The van der Waals surface area contributed by atoms with Crippen LogP contribution in [0.4, 0.5) is 5.00 Å². The summed E-state index contributed by atoms with van der Waals surface area (Å²) < 4.78 is 10.1. The van der Waals surface area contributed by atoms with Crippen molar-refractivity contribution in [2.24, 2.45) is 0 Å². The Kier molecular flexibility index (Phi) is 6.48. The summed E-state index contributed by atoms with van der Waals surface area (Å²) in [5.41, 5.74) is 1.36. The molecule has 1 amide bonds. The summed E-state index contributed by atoms with van der Waals surface area (Å²) in [7, 11) is 1.25. The van der Waals surface area contributed by atoms with Crippen LogP contribution in [-0.2, 0) is 9.53 Å². The molecule has 0 atom stereocenters. The van der Waals surface area contributed by atoms with Crippen molar-refractivity contribution in [3.05, 3.63) is 43.7 Å². The molecule has 0 radical (unpaired) electrons. The Hall–Kier alpha value is -2.27. The van der Waals surface area contributed by atoms with Crippen LogP contribution in [-0.4, -0.2) is 25.6 Å². The van der Waals surface area contributed by atoms with E-state index in [0.717, 1.165) is 11.3 Å². The molecule has 2 rings (SSSR count). The van der Waals surface area contributed by atoms with E-state index in [1.165, 1.54) is 13.2 Å². The van der Waals surface area contributed by atoms with Crippen LogP contribution in [0.25, 0.3) is 0 Å². The van der Waals surface area contributed by atoms with Gasteiger partial charge in [0.2, 0.25) is 0 Å². The second-order valence-electron chi connectivity index (χ2n) is 5.23. The summed E-state index contributed by atoms with van der Waals surface area (Å²) in [5.74, 6) is -0.710. The lowest BCUT2D eigenvalue weighted by Crippen LogP contribution is -2.20. The van der Waals surface area contributed by atoms with E-state index in [1.54, 1.807) is 19.9 Å². The monoisotopic (exact) mass is 412 g/mol. The fourth-order valence-electron chi connectivity index (χ4n) is 2.20. The molecule has 0 unspecified atom stereocenters. The molecule has 1 aromatic carbocycles. The Morgan fingerprint density at radius 2 is 2.00 bits per heavy atom. The first kappa shape index (κ1) is 20.0. The number of thiophene rings is 1. The molecule has 6 nitrogen and oxygen atoms in total. The van der Waals surface area contributed by atoms with Crippen LogP contribution >= 0.6 is 34.5 Å². The fraction of sp³-hybridized carbons (Fsp3) is 0.235. The summed E-state index contributed by atoms with van der Waals surface area (Å²) in [6.07, 6.45) is 0. The molecule has 0 fully saturated rings. The molecule has 1 N–H and O–H groups in total. The third-order valence-corrected chi connectivity index (χ3v) is 5.11. The molecule has 9 heteroatoms. The maximum absolute atomic E-state index is 12.2. The van der Waals surface area contributed by atoms with Crippen molar-refractivity contribution in [2.45, 2.75) is 13.8 Å². The van der Waals surface area contributed by atoms with Gasteiger partial charge in [0.05, 0.1) is 17.7 Å². The van der Waals surface area contributed by atoms with Crippen molar-refractivity contribution < 1.29 is 19.1 Å². The van der Waals surface area contributed by atoms with Gasteiger partial charge < -0.3 is 14.8 Å². The molecule has 1 heterocycles. The molecule has 0 aliphatic rings. The summed E-state index contributed by atoms with van der Waals surface area (Å²) in [4.78, 5) is 24.2. The van der Waals surface area contributed by atoms with E-state index in [4.69, 9.17) is 27.9 Å². The molecular weight excluding hydrogens is 399 g/mol. The number of nitrogens with one attached hydrogen (secondary N) is 1. The van der Waals surface area contributed by atoms with Gasteiger partial charge in [-0.15, -0.1) is 11.3 Å². The number of halogens is 2. The number of aryl methyl sites for hydroxylation is 1. The van der Waals surface area contributed by atoms with Crippen molar-refractivity contribution in [1.82, 2.24) is 0 Å². The lowest BCUT2D eigenvalue weighted by atomic mass is 10.2. The van der Waals surface area contributed by atoms with Gasteiger partial charge in [0.25, 0.3) is 5.91 Å². The van der Waals surface area contributed by atoms with Crippen molar-refractivity contribution in [3.8, 4) is 11.8 Å².